The quantitative estimate of drug-likeness (QED) is 0.942. The summed E-state index contributed by atoms with van der Waals surface area (Å²) in [5, 5.41) is 9.20. The van der Waals surface area contributed by atoms with Crippen LogP contribution < -0.4 is 0 Å². The van der Waals surface area contributed by atoms with E-state index in [1.54, 1.807) is 36.4 Å². The molecule has 0 bridgehead atoms. The Morgan fingerprint density at radius 1 is 1.11 bits per heavy atom. The van der Waals surface area contributed by atoms with Crippen LogP contribution in [0.3, 0.4) is 0 Å². The Kier molecular flexibility index (Phi) is 4.19. The highest BCUT2D eigenvalue weighted by atomic mass is 32.3. The molecule has 0 saturated carbocycles. The Hall–Kier alpha value is -1.02. The van der Waals surface area contributed by atoms with Gasteiger partial charge in [0.15, 0.2) is 0 Å². The van der Waals surface area contributed by atoms with Crippen LogP contribution in [-0.4, -0.2) is 31.9 Å². The fourth-order valence-corrected chi connectivity index (χ4v) is 5.04. The summed E-state index contributed by atoms with van der Waals surface area (Å²) < 4.78 is 26.3. The summed E-state index contributed by atoms with van der Waals surface area (Å²) in [4.78, 5) is 0.952. The minimum atomic E-state index is -3.36. The number of sulfonamides is 1. The van der Waals surface area contributed by atoms with Gasteiger partial charge in [-0.1, -0.05) is 11.8 Å². The minimum Gasteiger partial charge on any atom is -0.508 e. The Bertz CT molecular complexity index is 660. The first-order valence-corrected chi connectivity index (χ1v) is 8.46. The first-order valence-electron chi connectivity index (χ1n) is 5.39. The number of nitrogens with zero attached hydrogens (tertiary/aromatic N) is 1. The van der Waals surface area contributed by atoms with Crippen LogP contribution in [0.1, 0.15) is 0 Å². The molecule has 1 N–H and O–H groups in total. The lowest BCUT2D eigenvalue weighted by Crippen LogP contribution is -2.21. The second-order valence-electron chi connectivity index (χ2n) is 3.96. The van der Waals surface area contributed by atoms with Gasteiger partial charge in [0.05, 0.1) is 4.21 Å². The van der Waals surface area contributed by atoms with Crippen molar-refractivity contribution in [3.8, 4) is 5.75 Å². The summed E-state index contributed by atoms with van der Waals surface area (Å²) in [5.41, 5.74) is 0. The van der Waals surface area contributed by atoms with Crippen molar-refractivity contribution >= 4 is 33.1 Å². The van der Waals surface area contributed by atoms with Gasteiger partial charge >= 0.3 is 0 Å². The maximum atomic E-state index is 11.9. The number of aromatic hydroxyl groups is 1. The van der Waals surface area contributed by atoms with Gasteiger partial charge in [-0.25, -0.2) is 12.7 Å². The van der Waals surface area contributed by atoms with E-state index in [9.17, 15) is 13.5 Å². The standard InChI is InChI=1S/C12H13NO3S3/c1-13(2)19(15,16)12-8-7-11(18-12)17-10-5-3-9(14)4-6-10/h3-8,14H,1-2H3. The molecule has 0 fully saturated rings. The number of thiophene rings is 1. The Balaban J connectivity index is 2.20. The molecule has 102 valence electrons. The molecule has 2 aromatic rings. The molecule has 0 spiro atoms. The third-order valence-corrected chi connectivity index (χ3v) is 6.85. The number of phenols is 1. The van der Waals surface area contributed by atoms with Crippen LogP contribution in [-0.2, 0) is 10.0 Å². The number of benzene rings is 1. The molecule has 4 nitrogen and oxygen atoms in total. The normalized spacial score (nSPS) is 11.9. The molecule has 0 aliphatic heterocycles. The van der Waals surface area contributed by atoms with Crippen molar-refractivity contribution in [3.05, 3.63) is 36.4 Å². The largest absolute Gasteiger partial charge is 0.508 e. The van der Waals surface area contributed by atoms with Crippen LogP contribution in [0.5, 0.6) is 5.75 Å². The van der Waals surface area contributed by atoms with Gasteiger partial charge in [-0.3, -0.25) is 0 Å². The lowest BCUT2D eigenvalue weighted by molar-refractivity contribution is 0.475. The second-order valence-corrected chi connectivity index (χ2v) is 8.79. The van der Waals surface area contributed by atoms with Gasteiger partial charge in [0.1, 0.15) is 9.96 Å². The van der Waals surface area contributed by atoms with E-state index in [4.69, 9.17) is 0 Å². The lowest BCUT2D eigenvalue weighted by Gasteiger charge is -2.08. The van der Waals surface area contributed by atoms with Crippen LogP contribution in [0.25, 0.3) is 0 Å². The van der Waals surface area contributed by atoms with Crippen LogP contribution >= 0.6 is 23.1 Å². The molecule has 2 rings (SSSR count). The molecule has 1 aromatic carbocycles. The van der Waals surface area contributed by atoms with Crippen molar-refractivity contribution in [1.29, 1.82) is 0 Å². The van der Waals surface area contributed by atoms with Crippen LogP contribution in [0.4, 0.5) is 0 Å². The molecule has 7 heteroatoms. The summed E-state index contributed by atoms with van der Waals surface area (Å²) >= 11 is 2.71. The molecule has 19 heavy (non-hydrogen) atoms. The Labute approximate surface area is 120 Å². The van der Waals surface area contributed by atoms with E-state index in [1.807, 2.05) is 0 Å². The highest BCUT2D eigenvalue weighted by Gasteiger charge is 2.19. The van der Waals surface area contributed by atoms with Crippen molar-refractivity contribution in [3.63, 3.8) is 0 Å². The van der Waals surface area contributed by atoms with E-state index in [0.29, 0.717) is 4.21 Å². The zero-order chi connectivity index (χ0) is 14.0. The van der Waals surface area contributed by atoms with Crippen LogP contribution in [0, 0.1) is 0 Å². The smallest absolute Gasteiger partial charge is 0.252 e. The molecule has 0 aliphatic rings. The van der Waals surface area contributed by atoms with Gasteiger partial charge in [0.2, 0.25) is 0 Å². The molecular weight excluding hydrogens is 302 g/mol. The second kappa shape index (κ2) is 5.54. The van der Waals surface area contributed by atoms with Crippen molar-refractivity contribution in [2.45, 2.75) is 13.3 Å². The molecule has 1 heterocycles. The van der Waals surface area contributed by atoms with Crippen molar-refractivity contribution in [1.82, 2.24) is 4.31 Å². The molecule has 0 atom stereocenters. The average molecular weight is 315 g/mol. The molecule has 0 unspecified atom stereocenters. The van der Waals surface area contributed by atoms with Gasteiger partial charge in [-0.05, 0) is 36.4 Å². The number of hydrogen-bond acceptors (Lipinski definition) is 5. The van der Waals surface area contributed by atoms with Gasteiger partial charge in [-0.2, -0.15) is 0 Å². The van der Waals surface area contributed by atoms with Gasteiger partial charge in [-0.15, -0.1) is 11.3 Å². The van der Waals surface area contributed by atoms with E-state index in [-0.39, 0.29) is 5.75 Å². The molecule has 0 radical (unpaired) electrons. The van der Waals surface area contributed by atoms with Gasteiger partial charge < -0.3 is 5.11 Å². The first kappa shape index (κ1) is 14.4. The van der Waals surface area contributed by atoms with Gasteiger partial charge in [0, 0.05) is 19.0 Å². The van der Waals surface area contributed by atoms with Crippen LogP contribution in [0.2, 0.25) is 0 Å². The fraction of sp³-hybridized carbons (Fsp3) is 0.167. The summed E-state index contributed by atoms with van der Waals surface area (Å²) in [6.45, 7) is 0. The maximum absolute atomic E-state index is 11.9. The number of hydrogen-bond donors (Lipinski definition) is 1. The zero-order valence-corrected chi connectivity index (χ0v) is 12.8. The van der Waals surface area contributed by atoms with Crippen molar-refractivity contribution in [2.75, 3.05) is 14.1 Å². The fourth-order valence-electron chi connectivity index (χ4n) is 1.31. The first-order chi connectivity index (χ1) is 8.89. The summed E-state index contributed by atoms with van der Waals surface area (Å²) in [6, 6.07) is 10.2. The van der Waals surface area contributed by atoms with E-state index >= 15 is 0 Å². The highest BCUT2D eigenvalue weighted by molar-refractivity contribution is 8.01. The number of phenolic OH excluding ortho intramolecular Hbond substituents is 1. The Morgan fingerprint density at radius 2 is 1.74 bits per heavy atom. The molecule has 0 saturated heterocycles. The predicted octanol–water partition coefficient (Wildman–Crippen LogP) is 2.86. The van der Waals surface area contributed by atoms with Crippen molar-refractivity contribution < 1.29 is 13.5 Å². The zero-order valence-electron chi connectivity index (χ0n) is 10.4. The molecule has 0 amide bonds. The van der Waals surface area contributed by atoms with E-state index in [0.717, 1.165) is 9.10 Å². The maximum Gasteiger partial charge on any atom is 0.252 e. The SMILES string of the molecule is CN(C)S(=O)(=O)c1ccc(Sc2ccc(O)cc2)s1. The van der Waals surface area contributed by atoms with Crippen LogP contribution in [0.15, 0.2) is 49.7 Å². The Morgan fingerprint density at radius 3 is 2.32 bits per heavy atom. The lowest BCUT2D eigenvalue weighted by atomic mass is 10.3. The highest BCUT2D eigenvalue weighted by Crippen LogP contribution is 2.36. The third-order valence-electron chi connectivity index (χ3n) is 2.35. The van der Waals surface area contributed by atoms with E-state index in [2.05, 4.69) is 0 Å². The summed E-state index contributed by atoms with van der Waals surface area (Å²) in [7, 11) is -0.325. The third kappa shape index (κ3) is 3.30. The summed E-state index contributed by atoms with van der Waals surface area (Å²) in [6.07, 6.45) is 0. The minimum absolute atomic E-state index is 0.214. The molecule has 0 aliphatic carbocycles. The van der Waals surface area contributed by atoms with E-state index in [1.165, 1.54) is 41.5 Å². The van der Waals surface area contributed by atoms with Crippen molar-refractivity contribution in [2.24, 2.45) is 0 Å². The van der Waals surface area contributed by atoms with Gasteiger partial charge in [0.25, 0.3) is 10.0 Å². The molecular formula is C12H13NO3S3. The monoisotopic (exact) mass is 315 g/mol. The predicted molar refractivity (Wildman–Crippen MR) is 77.4 cm³/mol. The summed E-state index contributed by atoms with van der Waals surface area (Å²) in [5.74, 6) is 0.214. The molecule has 1 aromatic heterocycles. The topological polar surface area (TPSA) is 57.6 Å². The van der Waals surface area contributed by atoms with E-state index < -0.39 is 10.0 Å². The average Bonchev–Trinajstić information content (AvgIpc) is 2.81. The number of rotatable bonds is 4.